The van der Waals surface area contributed by atoms with E-state index in [1.54, 1.807) is 13.0 Å². The predicted octanol–water partition coefficient (Wildman–Crippen LogP) is 2.06. The van der Waals surface area contributed by atoms with Crippen LogP contribution in [0.2, 0.25) is 0 Å². The monoisotopic (exact) mass is 281 g/mol. The Morgan fingerprint density at radius 3 is 2.75 bits per heavy atom. The molecule has 0 aromatic heterocycles. The van der Waals surface area contributed by atoms with E-state index in [9.17, 15) is 14.9 Å². The largest absolute Gasteiger partial charge is 0.494 e. The molecular weight excluding hydrogens is 262 g/mol. The Bertz CT molecular complexity index is 491. The molecule has 0 aliphatic carbocycles. The lowest BCUT2D eigenvalue weighted by Gasteiger charge is -2.12. The van der Waals surface area contributed by atoms with Crippen LogP contribution >= 0.6 is 0 Å². The van der Waals surface area contributed by atoms with Crippen molar-refractivity contribution < 1.29 is 14.5 Å². The molecule has 20 heavy (non-hydrogen) atoms. The molecule has 0 heterocycles. The fourth-order valence-corrected chi connectivity index (χ4v) is 1.69. The number of nitrogens with one attached hydrogen (secondary N) is 1. The second-order valence-electron chi connectivity index (χ2n) is 4.25. The minimum Gasteiger partial charge on any atom is -0.494 e. The van der Waals surface area contributed by atoms with Gasteiger partial charge in [0.2, 0.25) is 5.91 Å². The van der Waals surface area contributed by atoms with Crippen LogP contribution in [0.5, 0.6) is 5.75 Å². The molecule has 0 aliphatic heterocycles. The molecule has 1 rings (SSSR count). The maximum atomic E-state index is 11.8. The van der Waals surface area contributed by atoms with Gasteiger partial charge in [0.25, 0.3) is 5.69 Å². The van der Waals surface area contributed by atoms with Gasteiger partial charge in [-0.3, -0.25) is 14.9 Å². The van der Waals surface area contributed by atoms with E-state index < -0.39 is 16.9 Å². The summed E-state index contributed by atoms with van der Waals surface area (Å²) in [4.78, 5) is 22.3. The molecule has 110 valence electrons. The Hall–Kier alpha value is -2.15. The smallest absolute Gasteiger partial charge is 0.296 e. The number of nitrogens with zero attached hydrogens (tertiary/aromatic N) is 1. The quantitative estimate of drug-likeness (QED) is 0.587. The molecule has 7 heteroatoms. The molecule has 1 aromatic carbocycles. The Kier molecular flexibility index (Phi) is 5.92. The molecule has 0 radical (unpaired) electrons. The topological polar surface area (TPSA) is 107 Å². The van der Waals surface area contributed by atoms with Gasteiger partial charge in [0.05, 0.1) is 23.6 Å². The van der Waals surface area contributed by atoms with Gasteiger partial charge in [-0.25, -0.2) is 0 Å². The van der Waals surface area contributed by atoms with E-state index in [1.807, 2.05) is 6.92 Å². The molecule has 1 atom stereocenters. The van der Waals surface area contributed by atoms with Crippen molar-refractivity contribution in [2.75, 3.05) is 11.9 Å². The second-order valence-corrected chi connectivity index (χ2v) is 4.25. The summed E-state index contributed by atoms with van der Waals surface area (Å²) in [5, 5.41) is 13.5. The van der Waals surface area contributed by atoms with E-state index in [-0.39, 0.29) is 11.4 Å². The van der Waals surface area contributed by atoms with Crippen LogP contribution < -0.4 is 15.8 Å². The zero-order chi connectivity index (χ0) is 15.1. The van der Waals surface area contributed by atoms with Crippen LogP contribution in [0.4, 0.5) is 11.4 Å². The van der Waals surface area contributed by atoms with Crippen molar-refractivity contribution in [3.63, 3.8) is 0 Å². The Morgan fingerprint density at radius 1 is 1.50 bits per heavy atom. The van der Waals surface area contributed by atoms with Crippen LogP contribution in [0, 0.1) is 10.1 Å². The van der Waals surface area contributed by atoms with Gasteiger partial charge in [-0.2, -0.15) is 0 Å². The molecule has 1 amide bonds. The third-order valence-electron chi connectivity index (χ3n) is 2.67. The van der Waals surface area contributed by atoms with Crippen molar-refractivity contribution in [3.8, 4) is 5.75 Å². The molecule has 3 N–H and O–H groups in total. The highest BCUT2D eigenvalue weighted by Crippen LogP contribution is 2.29. The molecule has 0 fully saturated rings. The van der Waals surface area contributed by atoms with E-state index in [4.69, 9.17) is 10.5 Å². The number of amides is 1. The molecular formula is C13H19N3O4. The third-order valence-corrected chi connectivity index (χ3v) is 2.67. The highest BCUT2D eigenvalue weighted by atomic mass is 16.6. The van der Waals surface area contributed by atoms with Crippen LogP contribution in [-0.4, -0.2) is 23.5 Å². The first-order valence-electron chi connectivity index (χ1n) is 6.47. The van der Waals surface area contributed by atoms with Crippen molar-refractivity contribution in [2.45, 2.75) is 32.7 Å². The molecule has 0 spiro atoms. The number of carbonyl (C=O) groups excluding carboxylic acids is 1. The maximum Gasteiger partial charge on any atom is 0.296 e. The molecule has 0 bridgehead atoms. The fraction of sp³-hybridized carbons (Fsp3) is 0.462. The highest BCUT2D eigenvalue weighted by Gasteiger charge is 2.20. The van der Waals surface area contributed by atoms with Crippen LogP contribution in [-0.2, 0) is 4.79 Å². The van der Waals surface area contributed by atoms with Crippen molar-refractivity contribution >= 4 is 17.3 Å². The SMILES string of the molecule is CCC[C@@H](N)C(=O)Nc1ccc(OCC)cc1[N+](=O)[O-]. The predicted molar refractivity (Wildman–Crippen MR) is 75.8 cm³/mol. The average molecular weight is 281 g/mol. The normalized spacial score (nSPS) is 11.8. The summed E-state index contributed by atoms with van der Waals surface area (Å²) in [7, 11) is 0. The van der Waals surface area contributed by atoms with Crippen LogP contribution in [0.15, 0.2) is 18.2 Å². The number of nitro groups is 1. The number of rotatable bonds is 7. The zero-order valence-electron chi connectivity index (χ0n) is 11.6. The van der Waals surface area contributed by atoms with E-state index in [2.05, 4.69) is 5.32 Å². The first-order valence-corrected chi connectivity index (χ1v) is 6.47. The molecule has 0 aliphatic rings. The first kappa shape index (κ1) is 15.9. The van der Waals surface area contributed by atoms with Crippen LogP contribution in [0.1, 0.15) is 26.7 Å². The zero-order valence-corrected chi connectivity index (χ0v) is 11.6. The number of nitrogens with two attached hydrogens (primary N) is 1. The number of hydrogen-bond acceptors (Lipinski definition) is 5. The fourth-order valence-electron chi connectivity index (χ4n) is 1.69. The molecule has 7 nitrogen and oxygen atoms in total. The average Bonchev–Trinajstić information content (AvgIpc) is 2.40. The Labute approximate surface area is 117 Å². The summed E-state index contributed by atoms with van der Waals surface area (Å²) in [5.74, 6) is -0.0471. The minimum absolute atomic E-state index is 0.120. The van der Waals surface area contributed by atoms with Crippen molar-refractivity contribution in [2.24, 2.45) is 5.73 Å². The number of benzene rings is 1. The molecule has 1 aromatic rings. The van der Waals surface area contributed by atoms with Crippen molar-refractivity contribution in [1.82, 2.24) is 0 Å². The van der Waals surface area contributed by atoms with Gasteiger partial charge in [-0.1, -0.05) is 13.3 Å². The van der Waals surface area contributed by atoms with Crippen LogP contribution in [0.3, 0.4) is 0 Å². The lowest BCUT2D eigenvalue weighted by atomic mass is 10.1. The minimum atomic E-state index is -0.675. The van der Waals surface area contributed by atoms with Gasteiger partial charge in [0.1, 0.15) is 11.4 Å². The molecule has 0 saturated heterocycles. The number of ether oxygens (including phenoxy) is 1. The Balaban J connectivity index is 2.94. The van der Waals surface area contributed by atoms with Crippen LogP contribution in [0.25, 0.3) is 0 Å². The number of carbonyl (C=O) groups is 1. The Morgan fingerprint density at radius 2 is 2.20 bits per heavy atom. The van der Waals surface area contributed by atoms with Gasteiger partial charge in [0, 0.05) is 0 Å². The number of anilines is 1. The first-order chi connectivity index (χ1) is 9.49. The number of nitro benzene ring substituents is 1. The van der Waals surface area contributed by atoms with Gasteiger partial charge in [-0.15, -0.1) is 0 Å². The van der Waals surface area contributed by atoms with E-state index in [0.717, 1.165) is 6.42 Å². The van der Waals surface area contributed by atoms with Gasteiger partial charge in [0.15, 0.2) is 0 Å². The van der Waals surface area contributed by atoms with E-state index in [1.165, 1.54) is 12.1 Å². The second kappa shape index (κ2) is 7.44. The third kappa shape index (κ3) is 4.20. The van der Waals surface area contributed by atoms with E-state index in [0.29, 0.717) is 18.8 Å². The molecule has 0 unspecified atom stereocenters. The van der Waals surface area contributed by atoms with Gasteiger partial charge < -0.3 is 15.8 Å². The summed E-state index contributed by atoms with van der Waals surface area (Å²) in [5.41, 5.74) is 5.58. The summed E-state index contributed by atoms with van der Waals surface area (Å²) in [6.07, 6.45) is 1.29. The maximum absolute atomic E-state index is 11.8. The highest BCUT2D eigenvalue weighted by molar-refractivity contribution is 5.96. The van der Waals surface area contributed by atoms with Crippen molar-refractivity contribution in [1.29, 1.82) is 0 Å². The number of hydrogen-bond donors (Lipinski definition) is 2. The van der Waals surface area contributed by atoms with Crippen molar-refractivity contribution in [3.05, 3.63) is 28.3 Å². The summed E-state index contributed by atoms with van der Waals surface area (Å²) in [6.45, 7) is 4.10. The van der Waals surface area contributed by atoms with Gasteiger partial charge >= 0.3 is 0 Å². The lowest BCUT2D eigenvalue weighted by Crippen LogP contribution is -2.35. The van der Waals surface area contributed by atoms with Gasteiger partial charge in [-0.05, 0) is 25.5 Å². The summed E-state index contributed by atoms with van der Waals surface area (Å²) < 4.78 is 5.20. The summed E-state index contributed by atoms with van der Waals surface area (Å²) >= 11 is 0. The lowest BCUT2D eigenvalue weighted by molar-refractivity contribution is -0.384. The molecule has 0 saturated carbocycles. The summed E-state index contributed by atoms with van der Waals surface area (Å²) in [6, 6.07) is 3.62. The standard InChI is InChI=1S/C13H19N3O4/c1-3-5-10(14)13(17)15-11-7-6-9(20-4-2)8-12(11)16(18)19/h6-8,10H,3-5,14H2,1-2H3,(H,15,17)/t10-/m1/s1. The van der Waals surface area contributed by atoms with E-state index >= 15 is 0 Å².